The number of halogens is 1. The Morgan fingerprint density at radius 2 is 1.90 bits per heavy atom. The first-order valence-corrected chi connectivity index (χ1v) is 9.02. The Hall–Kier alpha value is -3.75. The predicted octanol–water partition coefficient (Wildman–Crippen LogP) is 3.26. The van der Waals surface area contributed by atoms with Gasteiger partial charge in [0, 0.05) is 36.9 Å². The lowest BCUT2D eigenvalue weighted by atomic mass is 10.1. The zero-order valence-electron chi connectivity index (χ0n) is 16.2. The third kappa shape index (κ3) is 3.31. The SMILES string of the molecule is Cc1nn(C2=C/C(=N)Nc3c(c(-c4ccc(F)cc4)nn3C)C/C=N\2)c(C)c1O. The molecule has 3 N–H and O–H groups in total. The number of amidine groups is 1. The lowest BCUT2D eigenvalue weighted by Crippen LogP contribution is -2.13. The van der Waals surface area contributed by atoms with Gasteiger partial charge in [-0.25, -0.2) is 14.1 Å². The van der Waals surface area contributed by atoms with Crippen molar-refractivity contribution >= 4 is 23.7 Å². The van der Waals surface area contributed by atoms with Crippen LogP contribution in [0.2, 0.25) is 0 Å². The van der Waals surface area contributed by atoms with E-state index in [-0.39, 0.29) is 17.4 Å². The molecule has 3 heterocycles. The van der Waals surface area contributed by atoms with Gasteiger partial charge in [0.1, 0.15) is 23.2 Å². The van der Waals surface area contributed by atoms with Gasteiger partial charge in [0.15, 0.2) is 11.6 Å². The van der Waals surface area contributed by atoms with Crippen LogP contribution in [-0.2, 0) is 13.5 Å². The van der Waals surface area contributed by atoms with Gasteiger partial charge in [0.25, 0.3) is 0 Å². The minimum atomic E-state index is -0.312. The van der Waals surface area contributed by atoms with Crippen molar-refractivity contribution in [1.29, 1.82) is 5.41 Å². The number of nitrogens with zero attached hydrogens (tertiary/aromatic N) is 5. The summed E-state index contributed by atoms with van der Waals surface area (Å²) < 4.78 is 16.5. The second-order valence-electron chi connectivity index (χ2n) is 6.79. The molecule has 1 aliphatic rings. The van der Waals surface area contributed by atoms with E-state index in [1.165, 1.54) is 22.9 Å². The van der Waals surface area contributed by atoms with Crippen LogP contribution in [0.25, 0.3) is 17.1 Å². The van der Waals surface area contributed by atoms with Gasteiger partial charge in [-0.3, -0.25) is 10.1 Å². The maximum atomic E-state index is 13.3. The molecule has 3 aromatic rings. The molecule has 1 aromatic carbocycles. The van der Waals surface area contributed by atoms with Crippen molar-refractivity contribution in [3.05, 3.63) is 53.1 Å². The van der Waals surface area contributed by atoms with Crippen LogP contribution in [0, 0.1) is 25.1 Å². The van der Waals surface area contributed by atoms with Gasteiger partial charge in [-0.1, -0.05) is 0 Å². The summed E-state index contributed by atoms with van der Waals surface area (Å²) in [5.74, 6) is 0.961. The molecule has 0 atom stereocenters. The Morgan fingerprint density at radius 1 is 1.17 bits per heavy atom. The van der Waals surface area contributed by atoms with Crippen LogP contribution >= 0.6 is 0 Å². The Labute approximate surface area is 166 Å². The first-order valence-electron chi connectivity index (χ1n) is 9.02. The van der Waals surface area contributed by atoms with Gasteiger partial charge in [-0.15, -0.1) is 0 Å². The van der Waals surface area contributed by atoms with Crippen molar-refractivity contribution in [3.8, 4) is 17.0 Å². The van der Waals surface area contributed by atoms with Gasteiger partial charge in [0.05, 0.1) is 11.4 Å². The number of hydrogen-bond acceptors (Lipinski definition) is 5. The van der Waals surface area contributed by atoms with Crippen molar-refractivity contribution in [2.75, 3.05) is 5.32 Å². The molecule has 0 aliphatic carbocycles. The fourth-order valence-corrected chi connectivity index (χ4v) is 3.29. The second-order valence-corrected chi connectivity index (χ2v) is 6.79. The fourth-order valence-electron chi connectivity index (χ4n) is 3.29. The smallest absolute Gasteiger partial charge is 0.160 e. The van der Waals surface area contributed by atoms with Gasteiger partial charge < -0.3 is 10.4 Å². The number of fused-ring (bicyclic) bond motifs is 1. The van der Waals surface area contributed by atoms with Gasteiger partial charge in [-0.05, 0) is 38.1 Å². The first kappa shape index (κ1) is 18.6. The third-order valence-corrected chi connectivity index (χ3v) is 4.78. The number of aromatic hydroxyl groups is 1. The highest BCUT2D eigenvalue weighted by molar-refractivity contribution is 6.05. The van der Waals surface area contributed by atoms with Crippen molar-refractivity contribution in [3.63, 3.8) is 0 Å². The molecule has 2 aromatic heterocycles. The summed E-state index contributed by atoms with van der Waals surface area (Å²) >= 11 is 0. The van der Waals surface area contributed by atoms with E-state index in [1.54, 1.807) is 43.9 Å². The predicted molar refractivity (Wildman–Crippen MR) is 110 cm³/mol. The van der Waals surface area contributed by atoms with E-state index >= 15 is 0 Å². The highest BCUT2D eigenvalue weighted by Gasteiger charge is 2.20. The number of aryl methyl sites for hydroxylation is 2. The highest BCUT2D eigenvalue weighted by atomic mass is 19.1. The number of anilines is 1. The lowest BCUT2D eigenvalue weighted by Gasteiger charge is -2.08. The van der Waals surface area contributed by atoms with Crippen LogP contribution in [0.15, 0.2) is 35.3 Å². The van der Waals surface area contributed by atoms with E-state index in [2.05, 4.69) is 20.5 Å². The van der Waals surface area contributed by atoms with E-state index in [4.69, 9.17) is 5.41 Å². The molecule has 0 spiro atoms. The molecule has 0 saturated heterocycles. The number of hydrogen-bond donors (Lipinski definition) is 3. The molecular formula is C20H20FN7O. The van der Waals surface area contributed by atoms with Gasteiger partial charge in [-0.2, -0.15) is 10.2 Å². The molecular weight excluding hydrogens is 373 g/mol. The monoisotopic (exact) mass is 393 g/mol. The summed E-state index contributed by atoms with van der Waals surface area (Å²) in [6.07, 6.45) is 3.70. The quantitative estimate of drug-likeness (QED) is 0.622. The first-order chi connectivity index (χ1) is 13.8. The van der Waals surface area contributed by atoms with Crippen LogP contribution in [0.5, 0.6) is 5.75 Å². The summed E-state index contributed by atoms with van der Waals surface area (Å²) in [6, 6.07) is 6.14. The summed E-state index contributed by atoms with van der Waals surface area (Å²) in [5.41, 5.74) is 3.36. The van der Waals surface area contributed by atoms with Crippen molar-refractivity contribution < 1.29 is 9.50 Å². The summed E-state index contributed by atoms with van der Waals surface area (Å²) in [5, 5.41) is 30.3. The topological polar surface area (TPSA) is 104 Å². The Kier molecular flexibility index (Phi) is 4.50. The molecule has 1 aliphatic heterocycles. The zero-order chi connectivity index (χ0) is 20.7. The number of benzene rings is 1. The number of aliphatic imine (C=N–C) groups is 1. The normalized spacial score (nSPS) is 16.8. The Bertz CT molecular complexity index is 1170. The summed E-state index contributed by atoms with van der Waals surface area (Å²) in [4.78, 5) is 4.48. The molecule has 9 heteroatoms. The Balaban J connectivity index is 1.77. The minimum absolute atomic E-state index is 0.0981. The zero-order valence-corrected chi connectivity index (χ0v) is 16.2. The van der Waals surface area contributed by atoms with Crippen molar-refractivity contribution in [1.82, 2.24) is 19.6 Å². The molecule has 148 valence electrons. The summed E-state index contributed by atoms with van der Waals surface area (Å²) in [7, 11) is 1.78. The second kappa shape index (κ2) is 7.01. The molecule has 4 rings (SSSR count). The standard InChI is InChI=1S/C20H20FN7O/c1-11-19(29)12(2)28(25-11)17-10-16(22)24-20-15(8-9-23-17)18(26-27(20)3)13-4-6-14(21)7-5-13/h4-7,9-10,29H,8H2,1-3H3,(H2,22,24)/b17-10+,23-9-. The van der Waals surface area contributed by atoms with Crippen LogP contribution in [-0.4, -0.2) is 36.7 Å². The molecule has 0 bridgehead atoms. The van der Waals surface area contributed by atoms with E-state index < -0.39 is 0 Å². The molecule has 0 amide bonds. The summed E-state index contributed by atoms with van der Waals surface area (Å²) in [6.45, 7) is 3.44. The van der Waals surface area contributed by atoms with Crippen LogP contribution in [0.4, 0.5) is 10.2 Å². The van der Waals surface area contributed by atoms with Crippen molar-refractivity contribution in [2.24, 2.45) is 12.0 Å². The van der Waals surface area contributed by atoms with Gasteiger partial charge >= 0.3 is 0 Å². The maximum Gasteiger partial charge on any atom is 0.160 e. The number of aromatic nitrogens is 4. The van der Waals surface area contributed by atoms with Gasteiger partial charge in [0.2, 0.25) is 0 Å². The largest absolute Gasteiger partial charge is 0.504 e. The van der Waals surface area contributed by atoms with Crippen LogP contribution in [0.1, 0.15) is 17.0 Å². The van der Waals surface area contributed by atoms with Crippen LogP contribution in [0.3, 0.4) is 0 Å². The molecule has 0 saturated carbocycles. The van der Waals surface area contributed by atoms with Crippen molar-refractivity contribution in [2.45, 2.75) is 20.3 Å². The maximum absolute atomic E-state index is 13.3. The van der Waals surface area contributed by atoms with E-state index in [1.807, 2.05) is 0 Å². The number of rotatable bonds is 2. The van der Waals surface area contributed by atoms with E-state index in [0.29, 0.717) is 35.1 Å². The fraction of sp³-hybridized carbons (Fsp3) is 0.200. The van der Waals surface area contributed by atoms with Crippen LogP contribution < -0.4 is 5.32 Å². The molecule has 8 nitrogen and oxygen atoms in total. The number of nitrogens with one attached hydrogen (secondary N) is 2. The average Bonchev–Trinajstić information content (AvgIpc) is 3.15. The molecule has 0 fully saturated rings. The van der Waals surface area contributed by atoms with E-state index in [9.17, 15) is 9.50 Å². The average molecular weight is 393 g/mol. The lowest BCUT2D eigenvalue weighted by molar-refractivity contribution is 0.466. The Morgan fingerprint density at radius 3 is 2.55 bits per heavy atom. The highest BCUT2D eigenvalue weighted by Crippen LogP contribution is 2.30. The molecule has 29 heavy (non-hydrogen) atoms. The third-order valence-electron chi connectivity index (χ3n) is 4.78. The minimum Gasteiger partial charge on any atom is -0.504 e. The molecule has 0 unspecified atom stereocenters. The molecule has 0 radical (unpaired) electrons. The van der Waals surface area contributed by atoms with E-state index in [0.717, 1.165) is 11.1 Å².